The van der Waals surface area contributed by atoms with Crippen LogP contribution in [0.15, 0.2) is 58.4 Å². The molecule has 4 rings (SSSR count). The van der Waals surface area contributed by atoms with E-state index in [1.807, 2.05) is 35.7 Å². The number of aromatic nitrogens is 5. The summed E-state index contributed by atoms with van der Waals surface area (Å²) in [6.07, 6.45) is 0. The van der Waals surface area contributed by atoms with E-state index in [1.165, 1.54) is 11.3 Å². The summed E-state index contributed by atoms with van der Waals surface area (Å²) in [7, 11) is 1.75. The number of amides is 1. The van der Waals surface area contributed by atoms with Crippen molar-refractivity contribution in [2.24, 2.45) is 7.05 Å². The summed E-state index contributed by atoms with van der Waals surface area (Å²) in [6.45, 7) is 0. The number of halogens is 1. The van der Waals surface area contributed by atoms with Crippen LogP contribution >= 0.6 is 27.3 Å². The quantitative estimate of drug-likeness (QED) is 0.517. The molecule has 0 aliphatic heterocycles. The molecule has 27 heavy (non-hydrogen) atoms. The molecule has 9 heteroatoms. The van der Waals surface area contributed by atoms with Crippen LogP contribution in [0.2, 0.25) is 0 Å². The number of carbonyl (C=O) groups excluding carboxylic acids is 1. The van der Waals surface area contributed by atoms with Gasteiger partial charge in [-0.1, -0.05) is 40.2 Å². The number of carbonyl (C=O) groups is 1. The summed E-state index contributed by atoms with van der Waals surface area (Å²) < 4.78 is 2.57. The Morgan fingerprint density at radius 1 is 1.15 bits per heavy atom. The third-order valence-corrected chi connectivity index (χ3v) is 5.15. The second kappa shape index (κ2) is 7.37. The first-order valence-electron chi connectivity index (χ1n) is 7.96. The molecule has 1 amide bonds. The Morgan fingerprint density at radius 2 is 1.96 bits per heavy atom. The van der Waals surface area contributed by atoms with Gasteiger partial charge in [0.1, 0.15) is 0 Å². The second-order valence-corrected chi connectivity index (χ2v) is 7.48. The number of tetrazole rings is 1. The summed E-state index contributed by atoms with van der Waals surface area (Å²) in [5, 5.41) is 16.7. The zero-order chi connectivity index (χ0) is 18.8. The highest BCUT2D eigenvalue weighted by Gasteiger charge is 2.13. The highest BCUT2D eigenvalue weighted by atomic mass is 79.9. The molecule has 0 radical (unpaired) electrons. The van der Waals surface area contributed by atoms with Crippen LogP contribution in [0.4, 0.5) is 5.13 Å². The first kappa shape index (κ1) is 17.5. The molecule has 0 aliphatic carbocycles. The molecule has 0 bridgehead atoms. The standard InChI is InChI=1S/C18H13BrN6OS/c1-25-16(22-23-24-25)12-3-2-4-13(9-12)17(26)21-18-20-15(10-27-18)11-5-7-14(19)8-6-11/h2-10H,1H3,(H,20,21,26). The van der Waals surface area contributed by atoms with E-state index < -0.39 is 0 Å². The van der Waals surface area contributed by atoms with Gasteiger partial charge in [-0.05, 0) is 34.7 Å². The van der Waals surface area contributed by atoms with E-state index in [-0.39, 0.29) is 5.91 Å². The first-order valence-corrected chi connectivity index (χ1v) is 9.63. The van der Waals surface area contributed by atoms with E-state index in [4.69, 9.17) is 0 Å². The van der Waals surface area contributed by atoms with Gasteiger partial charge in [0.2, 0.25) is 0 Å². The third kappa shape index (κ3) is 3.79. The summed E-state index contributed by atoms with van der Waals surface area (Å²) in [5.74, 6) is 0.361. The van der Waals surface area contributed by atoms with Crippen molar-refractivity contribution in [3.8, 4) is 22.6 Å². The topological polar surface area (TPSA) is 85.6 Å². The van der Waals surface area contributed by atoms with Crippen LogP contribution in [0.25, 0.3) is 22.6 Å². The largest absolute Gasteiger partial charge is 0.298 e. The molecule has 4 aromatic rings. The molecule has 0 unspecified atom stereocenters. The Kier molecular flexibility index (Phi) is 4.78. The lowest BCUT2D eigenvalue weighted by Crippen LogP contribution is -2.11. The highest BCUT2D eigenvalue weighted by molar-refractivity contribution is 9.10. The number of hydrogen-bond donors (Lipinski definition) is 1. The highest BCUT2D eigenvalue weighted by Crippen LogP contribution is 2.26. The van der Waals surface area contributed by atoms with Crippen LogP contribution in [0.3, 0.4) is 0 Å². The molecule has 1 N–H and O–H groups in total. The maximum absolute atomic E-state index is 12.6. The predicted molar refractivity (Wildman–Crippen MR) is 107 cm³/mol. The predicted octanol–water partition coefficient (Wildman–Crippen LogP) is 4.02. The minimum absolute atomic E-state index is 0.233. The molecule has 2 heterocycles. The van der Waals surface area contributed by atoms with E-state index in [2.05, 4.69) is 41.8 Å². The lowest BCUT2D eigenvalue weighted by atomic mass is 10.1. The fourth-order valence-electron chi connectivity index (χ4n) is 2.53. The number of nitrogens with zero attached hydrogens (tertiary/aromatic N) is 5. The smallest absolute Gasteiger partial charge is 0.257 e. The van der Waals surface area contributed by atoms with Crippen molar-refractivity contribution in [1.29, 1.82) is 0 Å². The normalized spacial score (nSPS) is 10.7. The fraction of sp³-hybridized carbons (Fsp3) is 0.0556. The number of rotatable bonds is 4. The SMILES string of the molecule is Cn1nnnc1-c1cccc(C(=O)Nc2nc(-c3ccc(Br)cc3)cs2)c1. The van der Waals surface area contributed by atoms with Crippen LogP contribution in [-0.4, -0.2) is 31.1 Å². The molecule has 0 saturated carbocycles. The maximum atomic E-state index is 12.6. The van der Waals surface area contributed by atoms with Gasteiger partial charge < -0.3 is 0 Å². The average Bonchev–Trinajstić information content (AvgIpc) is 3.31. The van der Waals surface area contributed by atoms with Crippen LogP contribution < -0.4 is 5.32 Å². The Hall–Kier alpha value is -2.91. The van der Waals surface area contributed by atoms with Crippen LogP contribution in [0.1, 0.15) is 10.4 Å². The minimum atomic E-state index is -0.233. The summed E-state index contributed by atoms with van der Waals surface area (Å²) >= 11 is 4.80. The van der Waals surface area contributed by atoms with Gasteiger partial charge in [0, 0.05) is 33.6 Å². The maximum Gasteiger partial charge on any atom is 0.257 e. The molecule has 0 aliphatic rings. The number of aryl methyl sites for hydroxylation is 1. The molecule has 0 atom stereocenters. The monoisotopic (exact) mass is 440 g/mol. The molecule has 7 nitrogen and oxygen atoms in total. The van der Waals surface area contributed by atoms with E-state index in [9.17, 15) is 4.79 Å². The minimum Gasteiger partial charge on any atom is -0.298 e. The van der Waals surface area contributed by atoms with Crippen molar-refractivity contribution in [3.63, 3.8) is 0 Å². The first-order chi connectivity index (χ1) is 13.1. The van der Waals surface area contributed by atoms with Crippen molar-refractivity contribution in [2.75, 3.05) is 5.32 Å². The average molecular weight is 441 g/mol. The Balaban J connectivity index is 1.53. The molecule has 134 valence electrons. The Morgan fingerprint density at radius 3 is 2.70 bits per heavy atom. The van der Waals surface area contributed by atoms with E-state index in [0.717, 1.165) is 21.3 Å². The molecule has 0 saturated heterocycles. The van der Waals surface area contributed by atoms with Crippen molar-refractivity contribution < 1.29 is 4.79 Å². The Bertz CT molecular complexity index is 1110. The van der Waals surface area contributed by atoms with Crippen molar-refractivity contribution in [1.82, 2.24) is 25.2 Å². The number of thiazole rings is 1. The van der Waals surface area contributed by atoms with Gasteiger partial charge in [-0.15, -0.1) is 16.4 Å². The Labute approximate surface area is 167 Å². The van der Waals surface area contributed by atoms with E-state index in [0.29, 0.717) is 16.5 Å². The van der Waals surface area contributed by atoms with Crippen LogP contribution in [0, 0.1) is 0 Å². The summed E-state index contributed by atoms with van der Waals surface area (Å²) in [6, 6.07) is 15.0. The molecular formula is C18H13BrN6OS. The molecule has 2 aromatic heterocycles. The molecule has 0 fully saturated rings. The van der Waals surface area contributed by atoms with Crippen molar-refractivity contribution in [2.45, 2.75) is 0 Å². The lowest BCUT2D eigenvalue weighted by molar-refractivity contribution is 0.102. The van der Waals surface area contributed by atoms with Gasteiger partial charge >= 0.3 is 0 Å². The van der Waals surface area contributed by atoms with E-state index in [1.54, 1.807) is 29.9 Å². The van der Waals surface area contributed by atoms with E-state index >= 15 is 0 Å². The molecule has 2 aromatic carbocycles. The van der Waals surface area contributed by atoms with Gasteiger partial charge in [-0.2, -0.15) is 0 Å². The number of benzene rings is 2. The van der Waals surface area contributed by atoms with Gasteiger partial charge in [-0.3, -0.25) is 10.1 Å². The van der Waals surface area contributed by atoms with Gasteiger partial charge in [0.25, 0.3) is 5.91 Å². The van der Waals surface area contributed by atoms with Crippen molar-refractivity contribution >= 4 is 38.3 Å². The van der Waals surface area contributed by atoms with Crippen molar-refractivity contribution in [3.05, 3.63) is 63.9 Å². The fourth-order valence-corrected chi connectivity index (χ4v) is 3.51. The summed E-state index contributed by atoms with van der Waals surface area (Å²) in [5.41, 5.74) is 3.09. The van der Waals surface area contributed by atoms with Gasteiger partial charge in [0.15, 0.2) is 11.0 Å². The molecular weight excluding hydrogens is 428 g/mol. The van der Waals surface area contributed by atoms with Gasteiger partial charge in [0.05, 0.1) is 5.69 Å². The number of anilines is 1. The second-order valence-electron chi connectivity index (χ2n) is 5.71. The van der Waals surface area contributed by atoms with Crippen LogP contribution in [0.5, 0.6) is 0 Å². The number of hydrogen-bond acceptors (Lipinski definition) is 6. The van der Waals surface area contributed by atoms with Gasteiger partial charge in [-0.25, -0.2) is 9.67 Å². The lowest BCUT2D eigenvalue weighted by Gasteiger charge is -2.04. The third-order valence-electron chi connectivity index (χ3n) is 3.87. The summed E-state index contributed by atoms with van der Waals surface area (Å²) in [4.78, 5) is 17.1. The zero-order valence-corrected chi connectivity index (χ0v) is 16.5. The molecule has 0 spiro atoms. The zero-order valence-electron chi connectivity index (χ0n) is 14.1. The number of nitrogens with one attached hydrogen (secondary N) is 1. The van der Waals surface area contributed by atoms with Crippen LogP contribution in [-0.2, 0) is 7.05 Å².